The van der Waals surface area contributed by atoms with Crippen LogP contribution in [0.3, 0.4) is 0 Å². The molecule has 0 aliphatic rings. The maximum Gasteiger partial charge on any atom is 1.00 e. The van der Waals surface area contributed by atoms with Gasteiger partial charge in [0.1, 0.15) is 0 Å². The van der Waals surface area contributed by atoms with Gasteiger partial charge in [0.25, 0.3) is 9.84 Å². The average Bonchev–Trinajstić information content (AvgIpc) is 2.57. The number of halogens is 3. The summed E-state index contributed by atoms with van der Waals surface area (Å²) in [5, 5.41) is 8.90. The number of benzene rings is 1. The molecule has 0 spiro atoms. The zero-order chi connectivity index (χ0) is 20.3. The van der Waals surface area contributed by atoms with Gasteiger partial charge in [0, 0.05) is 5.92 Å². The third-order valence-electron chi connectivity index (χ3n) is 4.23. The summed E-state index contributed by atoms with van der Waals surface area (Å²) < 4.78 is 82.6. The Bertz CT molecular complexity index is 876. The zero-order valence-corrected chi connectivity index (χ0v) is 17.1. The maximum atomic E-state index is 12.6. The van der Waals surface area contributed by atoms with Gasteiger partial charge in [-0.1, -0.05) is 19.1 Å². The number of sulfone groups is 2. The van der Waals surface area contributed by atoms with E-state index in [1.165, 1.54) is 12.1 Å². The summed E-state index contributed by atoms with van der Waals surface area (Å²) in [6.45, 7) is 4.16. The van der Waals surface area contributed by atoms with Crippen molar-refractivity contribution < 1.29 is 48.9 Å². The van der Waals surface area contributed by atoms with Crippen molar-refractivity contribution in [3.63, 3.8) is 0 Å². The van der Waals surface area contributed by atoms with Gasteiger partial charge in [-0.15, -0.1) is 0 Å². The fourth-order valence-corrected chi connectivity index (χ4v) is 5.76. The molecule has 11 heteroatoms. The molecule has 146 valence electrons. The predicted octanol–water partition coefficient (Wildman–Crippen LogP) is 0.788. The normalized spacial score (nSPS) is 15.9. The van der Waals surface area contributed by atoms with Crippen LogP contribution in [0, 0.1) is 17.2 Å². The molecule has 0 bridgehead atoms. The molecule has 3 unspecified atom stereocenters. The molecule has 1 rings (SSSR count). The average molecular weight is 418 g/mol. The third kappa shape index (κ3) is 5.74. The quantitative estimate of drug-likeness (QED) is 0.611. The molecule has 0 saturated carbocycles. The Labute approximate surface area is 170 Å². The van der Waals surface area contributed by atoms with Gasteiger partial charge in [-0.3, -0.25) is 0 Å². The summed E-state index contributed by atoms with van der Waals surface area (Å²) in [5.74, 6) is -0.224. The van der Waals surface area contributed by atoms with Gasteiger partial charge in [-0.2, -0.15) is 18.4 Å². The molecule has 0 aliphatic heterocycles. The van der Waals surface area contributed by atoms with E-state index in [-0.39, 0.29) is 30.7 Å². The fourth-order valence-electron chi connectivity index (χ4n) is 2.49. The summed E-state index contributed by atoms with van der Waals surface area (Å²) in [7, 11) is -10.6. The van der Waals surface area contributed by atoms with Crippen molar-refractivity contribution in [2.75, 3.05) is 0 Å². The number of hydrogen-bond acceptors (Lipinski definition) is 5. The van der Waals surface area contributed by atoms with Crippen molar-refractivity contribution in [2.24, 2.45) is 5.92 Å². The van der Waals surface area contributed by atoms with Crippen molar-refractivity contribution in [1.29, 1.82) is 5.26 Å². The Kier molecular flexibility index (Phi) is 9.11. The fraction of sp³-hybridized carbons (Fsp3) is 0.562. The van der Waals surface area contributed by atoms with E-state index >= 15 is 0 Å². The molecule has 0 heterocycles. The third-order valence-corrected chi connectivity index (χ3v) is 9.07. The monoisotopic (exact) mass is 418 g/mol. The van der Waals surface area contributed by atoms with Gasteiger partial charge < -0.3 is 0 Å². The van der Waals surface area contributed by atoms with Crippen molar-refractivity contribution >= 4 is 19.7 Å². The van der Waals surface area contributed by atoms with Crippen LogP contribution in [0.4, 0.5) is 13.2 Å². The van der Waals surface area contributed by atoms with E-state index in [1.807, 2.05) is 6.92 Å². The molecule has 1 aromatic carbocycles. The van der Waals surface area contributed by atoms with Crippen LogP contribution >= 0.6 is 0 Å². The summed E-state index contributed by atoms with van der Waals surface area (Å²) in [5.41, 5.74) is -4.92. The van der Waals surface area contributed by atoms with Crippen LogP contribution in [0.15, 0.2) is 29.2 Å². The van der Waals surface area contributed by atoms with Crippen molar-refractivity contribution in [3.8, 4) is 6.07 Å². The van der Waals surface area contributed by atoms with E-state index < -0.39 is 34.7 Å². The van der Waals surface area contributed by atoms with E-state index in [4.69, 9.17) is 5.26 Å². The van der Waals surface area contributed by atoms with Crippen LogP contribution < -0.4 is 18.9 Å². The van der Waals surface area contributed by atoms with Crippen molar-refractivity contribution in [3.05, 3.63) is 29.8 Å². The van der Waals surface area contributed by atoms with Gasteiger partial charge >= 0.3 is 24.4 Å². The second kappa shape index (κ2) is 9.47. The van der Waals surface area contributed by atoms with Crippen LogP contribution in [-0.4, -0.2) is 26.9 Å². The number of alkyl halides is 3. The van der Waals surface area contributed by atoms with Crippen molar-refractivity contribution in [2.45, 2.75) is 54.5 Å². The van der Waals surface area contributed by atoms with Crippen LogP contribution in [0.25, 0.3) is 0 Å². The number of hydrogen-bond donors (Lipinski definition) is 0. The van der Waals surface area contributed by atoms with E-state index in [9.17, 15) is 30.0 Å². The molecular weight excluding hydrogens is 398 g/mol. The van der Waals surface area contributed by atoms with E-state index in [2.05, 4.69) is 6.07 Å². The van der Waals surface area contributed by atoms with E-state index in [0.29, 0.717) is 19.8 Å². The minimum atomic E-state index is -5.86. The van der Waals surface area contributed by atoms with Crippen LogP contribution in [-0.2, 0) is 19.7 Å². The summed E-state index contributed by atoms with van der Waals surface area (Å²) in [4.78, 5) is -0.496. The smallest absolute Gasteiger partial charge is 0.222 e. The first kappa shape index (κ1) is 26.0. The molecule has 3 atom stereocenters. The second-order valence-electron chi connectivity index (χ2n) is 6.04. The molecule has 0 aromatic heterocycles. The van der Waals surface area contributed by atoms with Crippen LogP contribution in [0.5, 0.6) is 0 Å². The van der Waals surface area contributed by atoms with Crippen LogP contribution in [0.1, 0.15) is 45.1 Å². The molecule has 0 saturated heterocycles. The van der Waals surface area contributed by atoms with Gasteiger partial charge in [0.2, 0.25) is 0 Å². The minimum Gasteiger partial charge on any atom is -0.222 e. The standard InChI is InChI=1S/C16H20F3NO4S2.Li/c1-4-13(9-11(2)10-20)14-5-7-15(8-6-14)25(21,22)12(3)26(23,24)16(17,18)19;/h5-8,11-13H,4,9H2,1-3H3;/q;+1. The van der Waals surface area contributed by atoms with Gasteiger partial charge in [-0.05, 0) is 50.3 Å². The molecule has 0 radical (unpaired) electrons. The molecule has 1 aromatic rings. The molecule has 0 fully saturated rings. The number of nitrogens with zero attached hydrogens (tertiary/aromatic N) is 1. The second-order valence-corrected chi connectivity index (χ2v) is 10.9. The minimum absolute atomic E-state index is 0. The first-order valence-electron chi connectivity index (χ1n) is 7.82. The Morgan fingerprint density at radius 3 is 1.93 bits per heavy atom. The molecule has 5 nitrogen and oxygen atoms in total. The summed E-state index contributed by atoms with van der Waals surface area (Å²) in [6, 6.07) is 7.20. The molecule has 0 aliphatic carbocycles. The Morgan fingerprint density at radius 1 is 1.07 bits per heavy atom. The molecule has 0 amide bonds. The molecular formula is C16H20F3LiNO4S2+. The zero-order valence-electron chi connectivity index (χ0n) is 15.5. The summed E-state index contributed by atoms with van der Waals surface area (Å²) >= 11 is 0. The van der Waals surface area contributed by atoms with Crippen molar-refractivity contribution in [1.82, 2.24) is 0 Å². The SMILES string of the molecule is CCC(CC(C)C#N)c1ccc(S(=O)(=O)C(C)S(=O)(=O)C(F)(F)F)cc1.[Li+]. The first-order chi connectivity index (χ1) is 11.8. The Balaban J connectivity index is 0.00000676. The Morgan fingerprint density at radius 2 is 1.56 bits per heavy atom. The Hall–Kier alpha value is -1.00. The summed E-state index contributed by atoms with van der Waals surface area (Å²) in [6.07, 6.45) is 1.24. The number of rotatable bonds is 7. The number of nitriles is 1. The van der Waals surface area contributed by atoms with E-state index in [1.54, 1.807) is 6.92 Å². The van der Waals surface area contributed by atoms with Crippen LogP contribution in [0.2, 0.25) is 0 Å². The first-order valence-corrected chi connectivity index (χ1v) is 10.9. The topological polar surface area (TPSA) is 92.1 Å². The van der Waals surface area contributed by atoms with Gasteiger partial charge in [0.05, 0.1) is 11.0 Å². The predicted molar refractivity (Wildman–Crippen MR) is 90.5 cm³/mol. The van der Waals surface area contributed by atoms with E-state index in [0.717, 1.165) is 17.7 Å². The van der Waals surface area contributed by atoms with Gasteiger partial charge in [0.15, 0.2) is 14.4 Å². The maximum absolute atomic E-state index is 12.6. The van der Waals surface area contributed by atoms with Gasteiger partial charge in [-0.25, -0.2) is 16.8 Å². The molecule has 27 heavy (non-hydrogen) atoms. The molecule has 0 N–H and O–H groups in total. The largest absolute Gasteiger partial charge is 1.00 e.